The van der Waals surface area contributed by atoms with Crippen molar-refractivity contribution in [2.24, 2.45) is 0 Å². The number of benzene rings is 2. The molecule has 0 atom stereocenters. The quantitative estimate of drug-likeness (QED) is 0.377. The Morgan fingerprint density at radius 2 is 1.97 bits per heavy atom. The van der Waals surface area contributed by atoms with E-state index in [1.807, 2.05) is 6.07 Å². The molecule has 9 heteroatoms. The van der Waals surface area contributed by atoms with Crippen LogP contribution in [0.2, 0.25) is 0 Å². The summed E-state index contributed by atoms with van der Waals surface area (Å²) in [7, 11) is 0. The van der Waals surface area contributed by atoms with Gasteiger partial charge in [-0.1, -0.05) is 17.8 Å². The van der Waals surface area contributed by atoms with Gasteiger partial charge < -0.3 is 14.8 Å². The monoisotopic (exact) mass is 433 g/mol. The number of amides is 1. The average molecular weight is 433 g/mol. The normalized spacial score (nSPS) is 12.3. The van der Waals surface area contributed by atoms with Gasteiger partial charge in [-0.15, -0.1) is 0 Å². The van der Waals surface area contributed by atoms with Crippen LogP contribution < -0.4 is 14.8 Å². The first-order chi connectivity index (χ1) is 15.1. The number of anilines is 1. The van der Waals surface area contributed by atoms with Gasteiger partial charge in [0, 0.05) is 11.8 Å². The Bertz CT molecular complexity index is 1300. The van der Waals surface area contributed by atoms with Crippen LogP contribution in [0, 0.1) is 13.8 Å². The first-order valence-electron chi connectivity index (χ1n) is 9.67. The van der Waals surface area contributed by atoms with Crippen molar-refractivity contribution < 1.29 is 14.3 Å². The van der Waals surface area contributed by atoms with Gasteiger partial charge in [-0.05, 0) is 49.2 Å². The lowest BCUT2D eigenvalue weighted by Crippen LogP contribution is -2.14. The van der Waals surface area contributed by atoms with Crippen molar-refractivity contribution in [2.45, 2.75) is 18.9 Å². The summed E-state index contributed by atoms with van der Waals surface area (Å²) in [5.74, 6) is 1.37. The smallest absolute Gasteiger partial charge is 0.234 e. The molecule has 1 aliphatic heterocycles. The van der Waals surface area contributed by atoms with Gasteiger partial charge in [0.05, 0.1) is 23.0 Å². The molecule has 156 valence electrons. The van der Waals surface area contributed by atoms with Crippen molar-refractivity contribution in [3.63, 3.8) is 0 Å². The third kappa shape index (κ3) is 3.79. The molecule has 0 saturated heterocycles. The summed E-state index contributed by atoms with van der Waals surface area (Å²) in [5, 5.41) is 8.89. The fraction of sp³-hybridized carbons (Fsp3) is 0.182. The highest BCUT2D eigenvalue weighted by Gasteiger charge is 2.16. The molecular formula is C22H19N5O3S. The third-order valence-corrected chi connectivity index (χ3v) is 6.07. The number of ether oxygens (including phenoxy) is 2. The van der Waals surface area contributed by atoms with Gasteiger partial charge in [-0.25, -0.2) is 14.6 Å². The third-order valence-electron chi connectivity index (χ3n) is 5.06. The Hall–Kier alpha value is -3.59. The number of nitrogens with zero attached hydrogens (tertiary/aromatic N) is 4. The molecule has 2 aromatic heterocycles. The second-order valence-corrected chi connectivity index (χ2v) is 8.11. The van der Waals surface area contributed by atoms with Crippen LogP contribution in [0.1, 0.15) is 11.1 Å². The Labute approximate surface area is 182 Å². The lowest BCUT2D eigenvalue weighted by atomic mass is 10.1. The van der Waals surface area contributed by atoms with E-state index in [4.69, 9.17) is 9.47 Å². The standard InChI is InChI=1S/C22H19N5O3S/c1-13-3-5-16(7-14(13)2)27-21-17(9-25-27)22(24-11-23-21)31-10-20(28)26-15-4-6-18-19(8-15)30-12-29-18/h3-9,11H,10,12H2,1-2H3,(H,26,28). The van der Waals surface area contributed by atoms with Crippen LogP contribution in [0.25, 0.3) is 16.7 Å². The van der Waals surface area contributed by atoms with Crippen LogP contribution in [0.15, 0.2) is 53.9 Å². The maximum atomic E-state index is 12.4. The lowest BCUT2D eigenvalue weighted by molar-refractivity contribution is -0.113. The molecule has 0 bridgehead atoms. The fourth-order valence-electron chi connectivity index (χ4n) is 3.29. The van der Waals surface area contributed by atoms with Crippen molar-refractivity contribution in [1.82, 2.24) is 19.7 Å². The van der Waals surface area contributed by atoms with Crippen molar-refractivity contribution in [3.05, 3.63) is 60.0 Å². The van der Waals surface area contributed by atoms with Gasteiger partial charge in [0.1, 0.15) is 11.4 Å². The van der Waals surface area contributed by atoms with Crippen LogP contribution in [0.5, 0.6) is 11.5 Å². The molecule has 1 N–H and O–H groups in total. The summed E-state index contributed by atoms with van der Waals surface area (Å²) in [6.07, 6.45) is 3.24. The molecule has 0 unspecified atom stereocenters. The lowest BCUT2D eigenvalue weighted by Gasteiger charge is -2.07. The van der Waals surface area contributed by atoms with Gasteiger partial charge in [0.25, 0.3) is 0 Å². The van der Waals surface area contributed by atoms with Gasteiger partial charge >= 0.3 is 0 Å². The molecule has 5 rings (SSSR count). The predicted molar refractivity (Wildman–Crippen MR) is 118 cm³/mol. The highest BCUT2D eigenvalue weighted by atomic mass is 32.2. The second-order valence-electron chi connectivity index (χ2n) is 7.15. The highest BCUT2D eigenvalue weighted by molar-refractivity contribution is 8.00. The predicted octanol–water partition coefficient (Wildman–Crippen LogP) is 3.89. The van der Waals surface area contributed by atoms with Gasteiger partial charge in [0.15, 0.2) is 17.1 Å². The second kappa shape index (κ2) is 7.92. The Kier molecular flexibility index (Phi) is 4.95. The minimum atomic E-state index is -0.142. The summed E-state index contributed by atoms with van der Waals surface area (Å²) < 4.78 is 12.4. The van der Waals surface area contributed by atoms with E-state index >= 15 is 0 Å². The summed E-state index contributed by atoms with van der Waals surface area (Å²) >= 11 is 1.34. The Morgan fingerprint density at radius 3 is 2.84 bits per heavy atom. The van der Waals surface area contributed by atoms with Crippen LogP contribution in [-0.2, 0) is 4.79 Å². The first kappa shape index (κ1) is 19.4. The number of carbonyl (C=O) groups is 1. The van der Waals surface area contributed by atoms with E-state index in [0.717, 1.165) is 11.1 Å². The molecule has 31 heavy (non-hydrogen) atoms. The van der Waals surface area contributed by atoms with E-state index in [0.29, 0.717) is 27.9 Å². The molecule has 0 saturated carbocycles. The molecule has 1 aliphatic rings. The van der Waals surface area contributed by atoms with E-state index in [2.05, 4.69) is 46.4 Å². The molecular weight excluding hydrogens is 414 g/mol. The number of thioether (sulfide) groups is 1. The number of nitrogens with one attached hydrogen (secondary N) is 1. The molecule has 0 fully saturated rings. The van der Waals surface area contributed by atoms with Crippen LogP contribution >= 0.6 is 11.8 Å². The zero-order valence-electron chi connectivity index (χ0n) is 17.0. The highest BCUT2D eigenvalue weighted by Crippen LogP contribution is 2.34. The maximum absolute atomic E-state index is 12.4. The number of hydrogen-bond acceptors (Lipinski definition) is 7. The van der Waals surface area contributed by atoms with Crippen molar-refractivity contribution in [2.75, 3.05) is 17.9 Å². The molecule has 4 aromatic rings. The molecule has 1 amide bonds. The largest absolute Gasteiger partial charge is 0.454 e. The van der Waals surface area contributed by atoms with Crippen LogP contribution in [0.3, 0.4) is 0 Å². The van der Waals surface area contributed by atoms with Gasteiger partial charge in [-0.2, -0.15) is 5.10 Å². The minimum absolute atomic E-state index is 0.142. The number of carbonyl (C=O) groups excluding carboxylic acids is 1. The summed E-state index contributed by atoms with van der Waals surface area (Å²) in [6, 6.07) is 11.5. The Balaban J connectivity index is 1.32. The fourth-order valence-corrected chi connectivity index (χ4v) is 4.05. The van der Waals surface area contributed by atoms with E-state index in [1.165, 1.54) is 29.2 Å². The summed E-state index contributed by atoms with van der Waals surface area (Å²) in [6.45, 7) is 4.34. The topological polar surface area (TPSA) is 91.2 Å². The van der Waals surface area contributed by atoms with Gasteiger partial charge in [-0.3, -0.25) is 4.79 Å². The summed E-state index contributed by atoms with van der Waals surface area (Å²) in [5.41, 5.74) is 4.71. The average Bonchev–Trinajstić information content (AvgIpc) is 3.41. The maximum Gasteiger partial charge on any atom is 0.234 e. The number of rotatable bonds is 5. The molecule has 0 spiro atoms. The van der Waals surface area contributed by atoms with E-state index in [-0.39, 0.29) is 18.5 Å². The zero-order valence-corrected chi connectivity index (χ0v) is 17.8. The van der Waals surface area contributed by atoms with Crippen molar-refractivity contribution >= 4 is 34.4 Å². The van der Waals surface area contributed by atoms with E-state index < -0.39 is 0 Å². The van der Waals surface area contributed by atoms with Crippen LogP contribution in [-0.4, -0.2) is 38.2 Å². The number of aryl methyl sites for hydroxylation is 2. The summed E-state index contributed by atoms with van der Waals surface area (Å²) in [4.78, 5) is 21.2. The number of hydrogen-bond donors (Lipinski definition) is 1. The van der Waals surface area contributed by atoms with E-state index in [9.17, 15) is 4.79 Å². The molecule has 2 aromatic carbocycles. The van der Waals surface area contributed by atoms with E-state index in [1.54, 1.807) is 29.1 Å². The minimum Gasteiger partial charge on any atom is -0.454 e. The zero-order chi connectivity index (χ0) is 21.4. The van der Waals surface area contributed by atoms with Crippen LogP contribution in [0.4, 0.5) is 5.69 Å². The SMILES string of the molecule is Cc1ccc(-n2ncc3c(SCC(=O)Nc4ccc5c(c4)OCO5)ncnc32)cc1C. The molecule has 3 heterocycles. The molecule has 0 radical (unpaired) electrons. The number of aromatic nitrogens is 4. The molecule has 0 aliphatic carbocycles. The Morgan fingerprint density at radius 1 is 1.10 bits per heavy atom. The number of fused-ring (bicyclic) bond motifs is 2. The van der Waals surface area contributed by atoms with Gasteiger partial charge in [0.2, 0.25) is 12.7 Å². The van der Waals surface area contributed by atoms with Crippen molar-refractivity contribution in [1.29, 1.82) is 0 Å². The molecule has 8 nitrogen and oxygen atoms in total. The first-order valence-corrected chi connectivity index (χ1v) is 10.7. The van der Waals surface area contributed by atoms with Crippen molar-refractivity contribution in [3.8, 4) is 17.2 Å².